The molecule has 1 fully saturated rings. The lowest BCUT2D eigenvalue weighted by molar-refractivity contribution is -0.224. The summed E-state index contributed by atoms with van der Waals surface area (Å²) in [6.07, 6.45) is 15.6. The number of rotatable bonds is 6. The molecule has 0 heterocycles. The van der Waals surface area contributed by atoms with Gasteiger partial charge in [0.2, 0.25) is 0 Å². The smallest absolute Gasteiger partial charge is 0.162 e. The van der Waals surface area contributed by atoms with Gasteiger partial charge in [-0.25, -0.2) is 0 Å². The Kier molecular flexibility index (Phi) is 3.35. The minimum atomic E-state index is -0.463. The Hall–Kier alpha value is -0.860. The van der Waals surface area contributed by atoms with E-state index in [4.69, 9.17) is 9.47 Å². The molecule has 5 unspecified atom stereocenters. The summed E-state index contributed by atoms with van der Waals surface area (Å²) >= 11 is 0. The van der Waals surface area contributed by atoms with E-state index in [1.165, 1.54) is 24.8 Å². The monoisotopic (exact) mass is 286 g/mol. The first-order chi connectivity index (χ1) is 10.1. The molecule has 0 radical (unpaired) electrons. The molecule has 1 saturated carbocycles. The molecule has 4 aliphatic rings. The van der Waals surface area contributed by atoms with Crippen LogP contribution in [-0.4, -0.2) is 19.0 Å². The zero-order valence-corrected chi connectivity index (χ0v) is 13.1. The van der Waals surface area contributed by atoms with Gasteiger partial charge in [-0.1, -0.05) is 36.0 Å². The van der Waals surface area contributed by atoms with E-state index in [1.54, 1.807) is 0 Å². The molecule has 4 aliphatic carbocycles. The van der Waals surface area contributed by atoms with Crippen LogP contribution in [0, 0.1) is 29.6 Å². The lowest BCUT2D eigenvalue weighted by atomic mass is 9.94. The van der Waals surface area contributed by atoms with Gasteiger partial charge in [-0.05, 0) is 56.8 Å². The van der Waals surface area contributed by atoms with Gasteiger partial charge in [0.25, 0.3) is 0 Å². The molecule has 0 aliphatic heterocycles. The van der Waals surface area contributed by atoms with E-state index in [9.17, 15) is 0 Å². The van der Waals surface area contributed by atoms with Crippen LogP contribution in [0.25, 0.3) is 0 Å². The fourth-order valence-electron chi connectivity index (χ4n) is 4.38. The van der Waals surface area contributed by atoms with Crippen molar-refractivity contribution in [2.24, 2.45) is 29.6 Å². The molecule has 0 N–H and O–H groups in total. The van der Waals surface area contributed by atoms with Crippen LogP contribution in [0.3, 0.4) is 0 Å². The fourth-order valence-corrected chi connectivity index (χ4v) is 4.38. The average molecular weight is 286 g/mol. The highest BCUT2D eigenvalue weighted by molar-refractivity contribution is 5.34. The molecule has 0 aromatic rings. The van der Waals surface area contributed by atoms with Crippen LogP contribution in [0.5, 0.6) is 0 Å². The van der Waals surface area contributed by atoms with Crippen molar-refractivity contribution in [2.45, 2.75) is 38.9 Å². The molecule has 0 aromatic carbocycles. The van der Waals surface area contributed by atoms with Crippen LogP contribution in [0.2, 0.25) is 0 Å². The number of hydrogen-bond donors (Lipinski definition) is 0. The highest BCUT2D eigenvalue weighted by Crippen LogP contribution is 2.44. The Labute approximate surface area is 127 Å². The quantitative estimate of drug-likeness (QED) is 0.540. The summed E-state index contributed by atoms with van der Waals surface area (Å²) in [5.74, 6) is 3.04. The van der Waals surface area contributed by atoms with Crippen LogP contribution >= 0.6 is 0 Å². The zero-order chi connectivity index (χ0) is 14.4. The van der Waals surface area contributed by atoms with Crippen LogP contribution in [-0.2, 0) is 9.47 Å². The predicted octanol–water partition coefficient (Wildman–Crippen LogP) is 4.10. The molecule has 114 valence electrons. The maximum Gasteiger partial charge on any atom is 0.162 e. The summed E-state index contributed by atoms with van der Waals surface area (Å²) in [5, 5.41) is 0. The van der Waals surface area contributed by atoms with Crippen LogP contribution in [0.4, 0.5) is 0 Å². The average Bonchev–Trinajstić information content (AvgIpc) is 3.22. The normalized spacial score (nSPS) is 39.5. The van der Waals surface area contributed by atoms with Crippen molar-refractivity contribution in [1.29, 1.82) is 0 Å². The third-order valence-electron chi connectivity index (χ3n) is 5.69. The number of allylic oxidation sites excluding steroid dienone is 5. The highest BCUT2D eigenvalue weighted by Gasteiger charge is 2.37. The summed E-state index contributed by atoms with van der Waals surface area (Å²) < 4.78 is 12.2. The van der Waals surface area contributed by atoms with Gasteiger partial charge in [-0.15, -0.1) is 0 Å². The van der Waals surface area contributed by atoms with Crippen molar-refractivity contribution in [3.63, 3.8) is 0 Å². The molecular weight excluding hydrogens is 260 g/mol. The van der Waals surface area contributed by atoms with Gasteiger partial charge < -0.3 is 9.47 Å². The van der Waals surface area contributed by atoms with E-state index in [-0.39, 0.29) is 0 Å². The summed E-state index contributed by atoms with van der Waals surface area (Å²) in [4.78, 5) is 0. The van der Waals surface area contributed by atoms with Crippen molar-refractivity contribution in [3.05, 3.63) is 36.0 Å². The molecule has 0 spiro atoms. The Bertz CT molecular complexity index is 500. The van der Waals surface area contributed by atoms with E-state index >= 15 is 0 Å². The molecule has 5 atom stereocenters. The first kappa shape index (κ1) is 13.8. The van der Waals surface area contributed by atoms with E-state index in [1.807, 2.05) is 0 Å². The van der Waals surface area contributed by atoms with Gasteiger partial charge in [-0.3, -0.25) is 0 Å². The molecule has 0 amide bonds. The van der Waals surface area contributed by atoms with Crippen LogP contribution in [0.15, 0.2) is 36.0 Å². The Morgan fingerprint density at radius 3 is 2.52 bits per heavy atom. The molecule has 0 saturated heterocycles. The highest BCUT2D eigenvalue weighted by atomic mass is 16.7. The second-order valence-electron chi connectivity index (χ2n) is 7.69. The third-order valence-corrected chi connectivity index (χ3v) is 5.69. The number of ether oxygens (including phenoxy) is 2. The van der Waals surface area contributed by atoms with Crippen molar-refractivity contribution in [2.75, 3.05) is 13.2 Å². The maximum atomic E-state index is 6.11. The molecule has 4 bridgehead atoms. The molecule has 21 heavy (non-hydrogen) atoms. The van der Waals surface area contributed by atoms with E-state index < -0.39 is 5.79 Å². The van der Waals surface area contributed by atoms with Crippen LogP contribution in [0.1, 0.15) is 33.1 Å². The third kappa shape index (κ3) is 2.76. The van der Waals surface area contributed by atoms with Crippen molar-refractivity contribution < 1.29 is 9.47 Å². The Balaban J connectivity index is 1.24. The zero-order valence-electron chi connectivity index (χ0n) is 13.1. The molecule has 0 aromatic heterocycles. The molecule has 2 heteroatoms. The van der Waals surface area contributed by atoms with Gasteiger partial charge in [0.05, 0.1) is 13.2 Å². The fraction of sp³-hybridized carbons (Fsp3) is 0.684. The number of hydrogen-bond acceptors (Lipinski definition) is 2. The summed E-state index contributed by atoms with van der Waals surface area (Å²) in [7, 11) is 0. The second-order valence-corrected chi connectivity index (χ2v) is 7.69. The first-order valence-electron chi connectivity index (χ1n) is 8.44. The van der Waals surface area contributed by atoms with Crippen molar-refractivity contribution in [1.82, 2.24) is 0 Å². The Morgan fingerprint density at radius 1 is 1.05 bits per heavy atom. The van der Waals surface area contributed by atoms with Crippen molar-refractivity contribution in [3.8, 4) is 0 Å². The van der Waals surface area contributed by atoms with Gasteiger partial charge in [0.15, 0.2) is 5.79 Å². The first-order valence-corrected chi connectivity index (χ1v) is 8.44. The molecule has 2 nitrogen and oxygen atoms in total. The van der Waals surface area contributed by atoms with E-state index in [0.717, 1.165) is 25.0 Å². The van der Waals surface area contributed by atoms with Crippen molar-refractivity contribution >= 4 is 0 Å². The summed E-state index contributed by atoms with van der Waals surface area (Å²) in [6, 6.07) is 0. The maximum absolute atomic E-state index is 6.11. The van der Waals surface area contributed by atoms with Gasteiger partial charge in [0.1, 0.15) is 0 Å². The van der Waals surface area contributed by atoms with Gasteiger partial charge in [-0.2, -0.15) is 0 Å². The molecular formula is C19H26O2. The van der Waals surface area contributed by atoms with E-state index in [0.29, 0.717) is 17.8 Å². The van der Waals surface area contributed by atoms with Crippen LogP contribution < -0.4 is 0 Å². The summed E-state index contributed by atoms with van der Waals surface area (Å²) in [5.41, 5.74) is 1.49. The number of fused-ring (bicyclic) bond motifs is 4. The van der Waals surface area contributed by atoms with Gasteiger partial charge >= 0.3 is 0 Å². The Morgan fingerprint density at radius 2 is 1.90 bits per heavy atom. The lowest BCUT2D eigenvalue weighted by Gasteiger charge is -2.30. The topological polar surface area (TPSA) is 18.5 Å². The van der Waals surface area contributed by atoms with E-state index in [2.05, 4.69) is 44.2 Å². The largest absolute Gasteiger partial charge is 0.350 e. The second kappa shape index (κ2) is 5.10. The molecule has 4 rings (SSSR count). The minimum absolute atomic E-state index is 0.463. The standard InChI is InChI=1S/C19H26O2/c1-19(2,20-11-17-9-13-3-5-15(17)7-13)21-12-18-10-14-4-6-16(18)8-14/h3-6,9,14-18H,7-8,10-12H2,1-2H3. The summed E-state index contributed by atoms with van der Waals surface area (Å²) in [6.45, 7) is 5.74. The predicted molar refractivity (Wildman–Crippen MR) is 83.6 cm³/mol. The van der Waals surface area contributed by atoms with Gasteiger partial charge in [0, 0.05) is 5.92 Å². The lowest BCUT2D eigenvalue weighted by Crippen LogP contribution is -2.33. The minimum Gasteiger partial charge on any atom is -0.350 e. The SMILES string of the molecule is CC(C)(OCC1C=C2C=CC1C2)OCC1CC2C=CC1C2.